The first-order valence-corrected chi connectivity index (χ1v) is 11.2. The van der Waals surface area contributed by atoms with Gasteiger partial charge in [0, 0.05) is 17.8 Å². The van der Waals surface area contributed by atoms with Gasteiger partial charge < -0.3 is 14.7 Å². The van der Waals surface area contributed by atoms with Crippen LogP contribution in [0.25, 0.3) is 0 Å². The minimum Gasteiger partial charge on any atom is -0.691 e. The number of hydrogen-bond acceptors (Lipinski definition) is 8. The summed E-state index contributed by atoms with van der Waals surface area (Å²) in [6.07, 6.45) is -4.39. The van der Waals surface area contributed by atoms with Crippen LogP contribution in [-0.4, -0.2) is 66.9 Å². The van der Waals surface area contributed by atoms with Crippen molar-refractivity contribution in [2.75, 3.05) is 19.0 Å². The van der Waals surface area contributed by atoms with Crippen LogP contribution >= 0.6 is 12.0 Å². The molecule has 0 aromatic heterocycles. The van der Waals surface area contributed by atoms with E-state index < -0.39 is 72.7 Å². The molecule has 0 bridgehead atoms. The Morgan fingerprint density at radius 2 is 1.41 bits per heavy atom. The minimum atomic E-state index is -7.77. The summed E-state index contributed by atoms with van der Waals surface area (Å²) in [6, 6.07) is 0. The molecule has 0 amide bonds. The van der Waals surface area contributed by atoms with Gasteiger partial charge >= 0.3 is 77.5 Å². The number of unbranched alkanes of at least 4 members (excludes halogenated alkanes) is 3. The molecule has 0 saturated carbocycles. The zero-order chi connectivity index (χ0) is 30.0. The van der Waals surface area contributed by atoms with Gasteiger partial charge in [-0.15, -0.1) is 0 Å². The molecule has 1 atom stereocenters. The van der Waals surface area contributed by atoms with Crippen LogP contribution < -0.4 is 34.8 Å². The molecule has 0 aliphatic rings. The average Bonchev–Trinajstić information content (AvgIpc) is 2.81. The number of carbonyl (C=O) groups is 2. The van der Waals surface area contributed by atoms with Gasteiger partial charge in [0.1, 0.15) is 0 Å². The number of alkyl halides is 12. The summed E-state index contributed by atoms with van der Waals surface area (Å²) in [5.74, 6) is -42.1. The SMILES string of the molecule is CCCCCCOC(=O)C(CSOO[O-])CC(=O)OCC(F)(F)C(F)(F)C(F)(F)C(F)(F)C(F)(F)C(F)F.[Na+]. The van der Waals surface area contributed by atoms with E-state index in [9.17, 15) is 67.5 Å². The Labute approximate surface area is 239 Å². The molecule has 21 heteroatoms. The summed E-state index contributed by atoms with van der Waals surface area (Å²) >= 11 is 0.0913. The van der Waals surface area contributed by atoms with Gasteiger partial charge in [-0.25, -0.2) is 8.78 Å². The average molecular weight is 632 g/mol. The number of halogens is 12. The number of esters is 2. The van der Waals surface area contributed by atoms with Crippen molar-refractivity contribution in [1.29, 1.82) is 0 Å². The zero-order valence-electron chi connectivity index (χ0n) is 20.1. The number of carbonyl (C=O) groups excluding carboxylic acids is 2. The summed E-state index contributed by atoms with van der Waals surface area (Å²) in [5.41, 5.74) is 0. The molecule has 39 heavy (non-hydrogen) atoms. The van der Waals surface area contributed by atoms with Crippen molar-refractivity contribution in [2.45, 2.75) is 75.1 Å². The molecule has 0 aromatic rings. The third-order valence-electron chi connectivity index (χ3n) is 4.69. The Balaban J connectivity index is 0. The van der Waals surface area contributed by atoms with Gasteiger partial charge in [-0.1, -0.05) is 26.2 Å². The van der Waals surface area contributed by atoms with E-state index in [1.54, 1.807) is 0 Å². The topological polar surface area (TPSA) is 94.1 Å². The second-order valence-corrected chi connectivity index (χ2v) is 8.27. The van der Waals surface area contributed by atoms with E-state index in [4.69, 9.17) is 4.74 Å². The molecule has 0 heterocycles. The molecule has 0 radical (unpaired) electrons. The molecule has 226 valence electrons. The third-order valence-corrected chi connectivity index (χ3v) is 5.38. The molecule has 0 fully saturated rings. The predicted octanol–water partition coefficient (Wildman–Crippen LogP) is 1.98. The smallest absolute Gasteiger partial charge is 0.691 e. The van der Waals surface area contributed by atoms with E-state index in [0.717, 1.165) is 12.8 Å². The van der Waals surface area contributed by atoms with Gasteiger partial charge in [-0.05, 0) is 6.42 Å². The van der Waals surface area contributed by atoms with Crippen LogP contribution in [0.15, 0.2) is 0 Å². The van der Waals surface area contributed by atoms with E-state index in [2.05, 4.69) is 14.1 Å². The van der Waals surface area contributed by atoms with Gasteiger partial charge in [0.05, 0.1) is 18.9 Å². The molecule has 0 saturated heterocycles. The van der Waals surface area contributed by atoms with Crippen molar-refractivity contribution in [1.82, 2.24) is 0 Å². The first-order chi connectivity index (χ1) is 17.2. The number of hydrogen-bond donors (Lipinski definition) is 0. The van der Waals surface area contributed by atoms with Crippen LogP contribution in [0.3, 0.4) is 0 Å². The summed E-state index contributed by atoms with van der Waals surface area (Å²) in [7, 11) is 0. The van der Waals surface area contributed by atoms with Crippen molar-refractivity contribution < 1.29 is 116 Å². The molecule has 0 aromatic carbocycles. The van der Waals surface area contributed by atoms with Crippen molar-refractivity contribution in [3.8, 4) is 0 Å². The molecule has 0 N–H and O–H groups in total. The second-order valence-electron chi connectivity index (χ2n) is 7.56. The van der Waals surface area contributed by atoms with Crippen LogP contribution in [0.4, 0.5) is 52.7 Å². The van der Waals surface area contributed by atoms with Crippen molar-refractivity contribution in [3.05, 3.63) is 0 Å². The van der Waals surface area contributed by atoms with E-state index in [-0.39, 0.29) is 48.2 Å². The Bertz CT molecular complexity index is 762. The van der Waals surface area contributed by atoms with Crippen molar-refractivity contribution in [2.24, 2.45) is 5.92 Å². The summed E-state index contributed by atoms with van der Waals surface area (Å²) < 4.78 is 170. The van der Waals surface area contributed by atoms with Crippen molar-refractivity contribution >= 4 is 24.0 Å². The van der Waals surface area contributed by atoms with Gasteiger partial charge in [0.25, 0.3) is 0 Å². The summed E-state index contributed by atoms with van der Waals surface area (Å²) in [6.45, 7) is -1.44. The molecule has 0 aliphatic carbocycles. The molecular weight excluding hydrogens is 611 g/mol. The molecular formula is C18H21F12NaO7S. The Morgan fingerprint density at radius 3 is 1.90 bits per heavy atom. The third kappa shape index (κ3) is 10.3. The molecule has 7 nitrogen and oxygen atoms in total. The molecule has 0 aliphatic heterocycles. The largest absolute Gasteiger partial charge is 1.00 e. The Morgan fingerprint density at radius 1 is 0.846 bits per heavy atom. The van der Waals surface area contributed by atoms with Crippen molar-refractivity contribution in [3.63, 3.8) is 0 Å². The standard InChI is InChI=1S/C18H22F12O7S.Na/c1-2-3-4-5-6-34-12(32)10(8-38-37-36-33)7-11(31)35-9-14(21,22)16(25,26)18(29,30)17(27,28)15(23,24)13(19)20;/h10,13,33H,2-9H2,1H3;/q;+1/p-1. The summed E-state index contributed by atoms with van der Waals surface area (Å²) in [4.78, 5) is 23.8. The fourth-order valence-electron chi connectivity index (χ4n) is 2.45. The zero-order valence-corrected chi connectivity index (χ0v) is 22.9. The van der Waals surface area contributed by atoms with Gasteiger partial charge in [-0.2, -0.15) is 48.2 Å². The Kier molecular flexibility index (Phi) is 17.3. The number of ether oxygens (including phenoxy) is 2. The Hall–Kier alpha value is -0.670. The van der Waals surface area contributed by atoms with E-state index >= 15 is 0 Å². The van der Waals surface area contributed by atoms with E-state index in [0.29, 0.717) is 12.8 Å². The van der Waals surface area contributed by atoms with Crippen LogP contribution in [-0.2, 0) is 28.4 Å². The maximum absolute atomic E-state index is 13.7. The fourth-order valence-corrected chi connectivity index (χ4v) is 2.97. The number of rotatable bonds is 19. The van der Waals surface area contributed by atoms with Gasteiger partial charge in [0.15, 0.2) is 6.61 Å². The normalized spacial score (nSPS) is 14.1. The van der Waals surface area contributed by atoms with Crippen LogP contribution in [0.1, 0.15) is 39.0 Å². The molecule has 1 unspecified atom stereocenters. The second kappa shape index (κ2) is 16.7. The van der Waals surface area contributed by atoms with Gasteiger partial charge in [-0.3, -0.25) is 14.6 Å². The first kappa shape index (κ1) is 40.5. The molecule has 0 spiro atoms. The minimum absolute atomic E-state index is 0. The summed E-state index contributed by atoms with van der Waals surface area (Å²) in [5, 5.41) is 12.8. The maximum atomic E-state index is 13.7. The van der Waals surface area contributed by atoms with Crippen LogP contribution in [0, 0.1) is 5.92 Å². The maximum Gasteiger partial charge on any atom is 1.00 e. The quantitative estimate of drug-likeness (QED) is 0.0406. The van der Waals surface area contributed by atoms with E-state index in [1.807, 2.05) is 6.92 Å². The van der Waals surface area contributed by atoms with Crippen LogP contribution in [0.2, 0.25) is 0 Å². The predicted molar refractivity (Wildman–Crippen MR) is 99.5 cm³/mol. The van der Waals surface area contributed by atoms with Gasteiger partial charge in [0.2, 0.25) is 0 Å². The fraction of sp³-hybridized carbons (Fsp3) is 0.889. The van der Waals surface area contributed by atoms with Crippen LogP contribution in [0.5, 0.6) is 0 Å². The monoisotopic (exact) mass is 632 g/mol. The molecule has 0 rings (SSSR count). The van der Waals surface area contributed by atoms with E-state index in [1.165, 1.54) is 0 Å². The first-order valence-electron chi connectivity index (χ1n) is 10.3.